The number of hydrogen-bond donors (Lipinski definition) is 1. The average molecular weight is 406 g/mol. The summed E-state index contributed by atoms with van der Waals surface area (Å²) >= 11 is 5.64. The number of nitrogens with one attached hydrogen (secondary N) is 1. The molecule has 0 saturated carbocycles. The van der Waals surface area contributed by atoms with E-state index in [0.717, 1.165) is 50.1 Å². The fraction of sp³-hybridized carbons (Fsp3) is 0.304. The van der Waals surface area contributed by atoms with E-state index in [2.05, 4.69) is 63.5 Å². The monoisotopic (exact) mass is 405 g/mol. The van der Waals surface area contributed by atoms with E-state index in [1.54, 1.807) is 0 Å². The summed E-state index contributed by atoms with van der Waals surface area (Å²) in [6.45, 7) is 7.80. The van der Waals surface area contributed by atoms with Crippen molar-refractivity contribution in [3.8, 4) is 0 Å². The first-order valence-electron chi connectivity index (χ1n) is 10.1. The largest absolute Gasteiger partial charge is 0.346 e. The Balaban J connectivity index is 1.25. The molecule has 0 atom stereocenters. The summed E-state index contributed by atoms with van der Waals surface area (Å²) in [5.74, 6) is 0. The first-order chi connectivity index (χ1) is 14.2. The van der Waals surface area contributed by atoms with Gasteiger partial charge in [0.15, 0.2) is 5.11 Å². The summed E-state index contributed by atoms with van der Waals surface area (Å²) in [7, 11) is 0. The van der Waals surface area contributed by atoms with Gasteiger partial charge in [-0.2, -0.15) is 5.10 Å². The third-order valence-electron chi connectivity index (χ3n) is 5.26. The van der Waals surface area contributed by atoms with Gasteiger partial charge in [-0.1, -0.05) is 60.2 Å². The summed E-state index contributed by atoms with van der Waals surface area (Å²) in [6.07, 6.45) is 3.84. The summed E-state index contributed by atoms with van der Waals surface area (Å²) in [5, 5.41) is 8.56. The van der Waals surface area contributed by atoms with Crippen molar-refractivity contribution < 1.29 is 0 Å². The standard InChI is InChI=1S/C23H27N5S/c1-19-7-9-21(10-8-19)16-26-11-13-27(14-12-26)23(29)25-22-15-24-28(18-22)17-20-5-3-2-4-6-20/h2-10,15,18H,11-14,16-17H2,1H3,(H,25,29). The normalized spacial score (nSPS) is 14.7. The van der Waals surface area contributed by atoms with Crippen LogP contribution in [0.4, 0.5) is 5.69 Å². The highest BCUT2D eigenvalue weighted by molar-refractivity contribution is 7.80. The Hall–Kier alpha value is -2.70. The summed E-state index contributed by atoms with van der Waals surface area (Å²) in [5.41, 5.74) is 4.85. The predicted molar refractivity (Wildman–Crippen MR) is 122 cm³/mol. The van der Waals surface area contributed by atoms with Gasteiger partial charge in [-0.05, 0) is 30.3 Å². The van der Waals surface area contributed by atoms with E-state index in [4.69, 9.17) is 12.2 Å². The summed E-state index contributed by atoms with van der Waals surface area (Å²) in [4.78, 5) is 4.73. The number of hydrogen-bond acceptors (Lipinski definition) is 3. The molecule has 3 aromatic rings. The second-order valence-corrected chi connectivity index (χ2v) is 7.98. The molecule has 0 unspecified atom stereocenters. The van der Waals surface area contributed by atoms with Gasteiger partial charge in [0.05, 0.1) is 18.4 Å². The van der Waals surface area contributed by atoms with Gasteiger partial charge in [0, 0.05) is 38.9 Å². The van der Waals surface area contributed by atoms with Crippen LogP contribution in [0.15, 0.2) is 67.0 Å². The van der Waals surface area contributed by atoms with Crippen molar-refractivity contribution in [3.05, 3.63) is 83.7 Å². The van der Waals surface area contributed by atoms with Crippen LogP contribution in [-0.4, -0.2) is 50.9 Å². The lowest BCUT2D eigenvalue weighted by molar-refractivity contribution is 0.177. The Morgan fingerprint density at radius 3 is 2.34 bits per heavy atom. The van der Waals surface area contributed by atoms with Crippen molar-refractivity contribution in [1.82, 2.24) is 19.6 Å². The first kappa shape index (κ1) is 19.6. The van der Waals surface area contributed by atoms with E-state index >= 15 is 0 Å². The lowest BCUT2D eigenvalue weighted by Crippen LogP contribution is -2.49. The quantitative estimate of drug-likeness (QED) is 0.654. The molecule has 0 radical (unpaired) electrons. The SMILES string of the molecule is Cc1ccc(CN2CCN(C(=S)Nc3cnn(Cc4ccccc4)c3)CC2)cc1. The maximum absolute atomic E-state index is 5.64. The van der Waals surface area contributed by atoms with Crippen molar-refractivity contribution in [1.29, 1.82) is 0 Å². The van der Waals surface area contributed by atoms with Gasteiger partial charge in [-0.25, -0.2) is 0 Å². The van der Waals surface area contributed by atoms with E-state index in [-0.39, 0.29) is 0 Å². The molecule has 1 fully saturated rings. The maximum atomic E-state index is 5.64. The van der Waals surface area contributed by atoms with E-state index < -0.39 is 0 Å². The van der Waals surface area contributed by atoms with E-state index in [0.29, 0.717) is 0 Å². The van der Waals surface area contributed by atoms with Gasteiger partial charge >= 0.3 is 0 Å². The van der Waals surface area contributed by atoms with Crippen LogP contribution in [0.3, 0.4) is 0 Å². The molecule has 1 aliphatic rings. The number of piperazine rings is 1. The molecule has 0 bridgehead atoms. The van der Waals surface area contributed by atoms with Gasteiger partial charge < -0.3 is 10.2 Å². The zero-order chi connectivity index (χ0) is 20.1. The highest BCUT2D eigenvalue weighted by Gasteiger charge is 2.19. The molecule has 29 heavy (non-hydrogen) atoms. The molecule has 0 aliphatic carbocycles. The lowest BCUT2D eigenvalue weighted by Gasteiger charge is -2.36. The number of aryl methyl sites for hydroxylation is 1. The van der Waals surface area contributed by atoms with E-state index in [1.165, 1.54) is 16.7 Å². The minimum atomic E-state index is 0.757. The Morgan fingerprint density at radius 1 is 0.931 bits per heavy atom. The number of thiocarbonyl (C=S) groups is 1. The van der Waals surface area contributed by atoms with Crippen molar-refractivity contribution in [3.63, 3.8) is 0 Å². The van der Waals surface area contributed by atoms with Gasteiger partial charge in [-0.15, -0.1) is 0 Å². The van der Waals surface area contributed by atoms with Crippen molar-refractivity contribution in [2.75, 3.05) is 31.5 Å². The molecule has 6 heteroatoms. The van der Waals surface area contributed by atoms with Crippen LogP contribution in [0.25, 0.3) is 0 Å². The molecule has 150 valence electrons. The number of rotatable bonds is 5. The number of benzene rings is 2. The second kappa shape index (κ2) is 9.20. The van der Waals surface area contributed by atoms with Crippen molar-refractivity contribution in [2.45, 2.75) is 20.0 Å². The Kier molecular flexibility index (Phi) is 6.22. The van der Waals surface area contributed by atoms with Crippen LogP contribution >= 0.6 is 12.2 Å². The molecule has 2 aromatic carbocycles. The van der Waals surface area contributed by atoms with E-state index in [1.807, 2.05) is 35.3 Å². The van der Waals surface area contributed by atoms with Crippen LogP contribution in [-0.2, 0) is 13.1 Å². The summed E-state index contributed by atoms with van der Waals surface area (Å²) in [6, 6.07) is 19.1. The first-order valence-corrected chi connectivity index (χ1v) is 10.5. The van der Waals surface area contributed by atoms with Gasteiger partial charge in [0.2, 0.25) is 0 Å². The molecule has 5 nitrogen and oxygen atoms in total. The molecule has 0 spiro atoms. The highest BCUT2D eigenvalue weighted by atomic mass is 32.1. The van der Waals surface area contributed by atoms with Crippen LogP contribution in [0.5, 0.6) is 0 Å². The maximum Gasteiger partial charge on any atom is 0.173 e. The van der Waals surface area contributed by atoms with Crippen molar-refractivity contribution >= 4 is 23.0 Å². The number of anilines is 1. The summed E-state index contributed by atoms with van der Waals surface area (Å²) < 4.78 is 1.93. The minimum absolute atomic E-state index is 0.757. The van der Waals surface area contributed by atoms with Crippen LogP contribution in [0.2, 0.25) is 0 Å². The molecule has 1 N–H and O–H groups in total. The average Bonchev–Trinajstić information content (AvgIpc) is 3.17. The topological polar surface area (TPSA) is 36.3 Å². The fourth-order valence-electron chi connectivity index (χ4n) is 3.55. The third kappa shape index (κ3) is 5.43. The Bertz CT molecular complexity index is 927. The molecule has 1 saturated heterocycles. The zero-order valence-electron chi connectivity index (χ0n) is 16.8. The highest BCUT2D eigenvalue weighted by Crippen LogP contribution is 2.13. The molecule has 0 amide bonds. The molecule has 1 aromatic heterocycles. The van der Waals surface area contributed by atoms with Crippen LogP contribution in [0, 0.1) is 6.92 Å². The Labute approximate surface area is 177 Å². The molecular formula is C23H27N5S. The smallest absolute Gasteiger partial charge is 0.173 e. The van der Waals surface area contributed by atoms with Crippen LogP contribution < -0.4 is 5.32 Å². The molecule has 4 rings (SSSR count). The minimum Gasteiger partial charge on any atom is -0.346 e. The predicted octanol–water partition coefficient (Wildman–Crippen LogP) is 3.75. The van der Waals surface area contributed by atoms with Gasteiger partial charge in [0.1, 0.15) is 0 Å². The molecule has 1 aliphatic heterocycles. The van der Waals surface area contributed by atoms with Crippen molar-refractivity contribution in [2.24, 2.45) is 0 Å². The van der Waals surface area contributed by atoms with E-state index in [9.17, 15) is 0 Å². The third-order valence-corrected chi connectivity index (χ3v) is 5.62. The fourth-order valence-corrected chi connectivity index (χ4v) is 3.85. The number of aromatic nitrogens is 2. The van der Waals surface area contributed by atoms with Crippen LogP contribution in [0.1, 0.15) is 16.7 Å². The molecular weight excluding hydrogens is 378 g/mol. The zero-order valence-corrected chi connectivity index (χ0v) is 17.6. The van der Waals surface area contributed by atoms with Gasteiger partial charge in [-0.3, -0.25) is 9.58 Å². The second-order valence-electron chi connectivity index (χ2n) is 7.59. The lowest BCUT2D eigenvalue weighted by atomic mass is 10.1. The molecule has 2 heterocycles. The van der Waals surface area contributed by atoms with Gasteiger partial charge in [0.25, 0.3) is 0 Å². The Morgan fingerprint density at radius 2 is 1.62 bits per heavy atom. The number of nitrogens with zero attached hydrogens (tertiary/aromatic N) is 4.